The van der Waals surface area contributed by atoms with Crippen LogP contribution in [0.1, 0.15) is 24.5 Å². The molecule has 142 valence electrons. The first-order valence-corrected chi connectivity index (χ1v) is 9.79. The molecule has 0 saturated carbocycles. The van der Waals surface area contributed by atoms with E-state index in [1.807, 2.05) is 57.2 Å². The Kier molecular flexibility index (Phi) is 5.85. The molecule has 1 saturated heterocycles. The number of benzene rings is 2. The number of carbonyl (C=O) groups excluding carboxylic acids is 2. The number of carbonyl (C=O) groups is 2. The zero-order valence-electron chi connectivity index (χ0n) is 15.7. The summed E-state index contributed by atoms with van der Waals surface area (Å²) in [5.41, 5.74) is 3.68. The monoisotopic (exact) mass is 430 g/mol. The summed E-state index contributed by atoms with van der Waals surface area (Å²) >= 11 is 3.50. The molecule has 2 amide bonds. The van der Waals surface area contributed by atoms with Gasteiger partial charge in [-0.2, -0.15) is 0 Å². The Morgan fingerprint density at radius 1 is 1.19 bits per heavy atom. The number of halogens is 1. The van der Waals surface area contributed by atoms with Gasteiger partial charge in [0.1, 0.15) is 5.75 Å². The minimum atomic E-state index is -0.368. The fraction of sp³-hybridized carbons (Fsp3) is 0.333. The maximum absolute atomic E-state index is 12.7. The van der Waals surface area contributed by atoms with Crippen molar-refractivity contribution >= 4 is 39.1 Å². The Bertz CT molecular complexity index is 864. The fourth-order valence-electron chi connectivity index (χ4n) is 3.18. The molecule has 1 aliphatic rings. The van der Waals surface area contributed by atoms with Crippen molar-refractivity contribution in [1.29, 1.82) is 0 Å². The number of amides is 2. The highest BCUT2D eigenvalue weighted by Gasteiger charge is 2.35. The first-order valence-electron chi connectivity index (χ1n) is 9.00. The standard InChI is InChI=1S/C21H23BrN2O3/c1-4-27-17-7-5-16(6-8-17)24-12-15(11-20(24)25)21(26)23-19-10-9-18(22)13(2)14(19)3/h5-10,15H,4,11-12H2,1-3H3,(H,23,26)/t15-/m1/s1. The Balaban J connectivity index is 1.69. The van der Waals surface area contributed by atoms with Gasteiger partial charge < -0.3 is 15.0 Å². The normalized spacial score (nSPS) is 16.5. The molecule has 1 N–H and O–H groups in total. The molecule has 0 radical (unpaired) electrons. The average molecular weight is 431 g/mol. The van der Waals surface area contributed by atoms with Crippen LogP contribution in [0.2, 0.25) is 0 Å². The van der Waals surface area contributed by atoms with Gasteiger partial charge in [0.2, 0.25) is 11.8 Å². The van der Waals surface area contributed by atoms with Crippen LogP contribution in [0.5, 0.6) is 5.75 Å². The molecule has 1 atom stereocenters. The first-order chi connectivity index (χ1) is 12.9. The van der Waals surface area contributed by atoms with Crippen LogP contribution in [0, 0.1) is 19.8 Å². The van der Waals surface area contributed by atoms with E-state index < -0.39 is 0 Å². The number of hydrogen-bond acceptors (Lipinski definition) is 3. The van der Waals surface area contributed by atoms with Gasteiger partial charge >= 0.3 is 0 Å². The second-order valence-corrected chi connectivity index (χ2v) is 7.52. The lowest BCUT2D eigenvalue weighted by Crippen LogP contribution is -2.28. The molecule has 2 aromatic carbocycles. The topological polar surface area (TPSA) is 58.6 Å². The smallest absolute Gasteiger partial charge is 0.229 e. The van der Waals surface area contributed by atoms with Gasteiger partial charge in [0.25, 0.3) is 0 Å². The lowest BCUT2D eigenvalue weighted by molar-refractivity contribution is -0.122. The van der Waals surface area contributed by atoms with E-state index in [9.17, 15) is 9.59 Å². The van der Waals surface area contributed by atoms with Crippen LogP contribution in [0.15, 0.2) is 40.9 Å². The molecule has 1 heterocycles. The molecule has 0 aliphatic carbocycles. The second kappa shape index (κ2) is 8.13. The van der Waals surface area contributed by atoms with Crippen molar-refractivity contribution in [2.75, 3.05) is 23.4 Å². The van der Waals surface area contributed by atoms with Crippen LogP contribution in [0.3, 0.4) is 0 Å². The second-order valence-electron chi connectivity index (χ2n) is 6.67. The van der Waals surface area contributed by atoms with Crippen molar-refractivity contribution in [2.45, 2.75) is 27.2 Å². The third-order valence-electron chi connectivity index (χ3n) is 4.93. The number of hydrogen-bond donors (Lipinski definition) is 1. The molecule has 1 aliphatic heterocycles. The lowest BCUT2D eigenvalue weighted by atomic mass is 10.1. The quantitative estimate of drug-likeness (QED) is 0.761. The Morgan fingerprint density at radius 2 is 1.89 bits per heavy atom. The zero-order valence-corrected chi connectivity index (χ0v) is 17.3. The van der Waals surface area contributed by atoms with Crippen molar-refractivity contribution < 1.29 is 14.3 Å². The maximum Gasteiger partial charge on any atom is 0.229 e. The molecule has 2 aromatic rings. The molecule has 0 bridgehead atoms. The van der Waals surface area contributed by atoms with E-state index in [1.54, 1.807) is 4.90 Å². The summed E-state index contributed by atoms with van der Waals surface area (Å²) in [7, 11) is 0. The molecule has 1 fully saturated rings. The molecule has 6 heteroatoms. The molecule has 0 spiro atoms. The highest BCUT2D eigenvalue weighted by atomic mass is 79.9. The van der Waals surface area contributed by atoms with Gasteiger partial charge in [0, 0.05) is 28.8 Å². The van der Waals surface area contributed by atoms with Gasteiger partial charge in [-0.1, -0.05) is 15.9 Å². The minimum absolute atomic E-state index is 0.0389. The van der Waals surface area contributed by atoms with E-state index >= 15 is 0 Å². The zero-order chi connectivity index (χ0) is 19.6. The summed E-state index contributed by atoms with van der Waals surface area (Å²) in [5.74, 6) is 0.236. The van der Waals surface area contributed by atoms with Gasteiger partial charge in [-0.05, 0) is 68.3 Å². The van der Waals surface area contributed by atoms with E-state index in [-0.39, 0.29) is 24.2 Å². The molecular formula is C21H23BrN2O3. The first kappa shape index (κ1) is 19.4. The number of rotatable bonds is 5. The van der Waals surface area contributed by atoms with Gasteiger partial charge in [-0.3, -0.25) is 9.59 Å². The van der Waals surface area contributed by atoms with Crippen LogP contribution in [0.25, 0.3) is 0 Å². The lowest BCUT2D eigenvalue weighted by Gasteiger charge is -2.18. The maximum atomic E-state index is 12.7. The molecule has 5 nitrogen and oxygen atoms in total. The fourth-order valence-corrected chi connectivity index (χ4v) is 3.61. The minimum Gasteiger partial charge on any atom is -0.494 e. The van der Waals surface area contributed by atoms with E-state index in [4.69, 9.17) is 4.74 Å². The third kappa shape index (κ3) is 4.16. The van der Waals surface area contributed by atoms with Crippen LogP contribution < -0.4 is 15.0 Å². The Labute approximate surface area is 167 Å². The summed E-state index contributed by atoms with van der Waals surface area (Å²) < 4.78 is 6.44. The Hall–Kier alpha value is -2.34. The van der Waals surface area contributed by atoms with Crippen molar-refractivity contribution in [1.82, 2.24) is 0 Å². The SMILES string of the molecule is CCOc1ccc(N2C[C@H](C(=O)Nc3ccc(Br)c(C)c3C)CC2=O)cc1. The van der Waals surface area contributed by atoms with Gasteiger partial charge in [-0.25, -0.2) is 0 Å². The number of nitrogens with one attached hydrogen (secondary N) is 1. The molecule has 3 rings (SSSR count). The summed E-state index contributed by atoms with van der Waals surface area (Å²) in [4.78, 5) is 26.8. The van der Waals surface area contributed by atoms with Crippen molar-refractivity contribution in [3.05, 3.63) is 52.0 Å². The van der Waals surface area contributed by atoms with E-state index in [2.05, 4.69) is 21.2 Å². The number of ether oxygens (including phenoxy) is 1. The van der Waals surface area contributed by atoms with Gasteiger partial charge in [0.05, 0.1) is 12.5 Å². The van der Waals surface area contributed by atoms with Gasteiger partial charge in [0.15, 0.2) is 0 Å². The predicted octanol–water partition coefficient (Wildman–Crippen LogP) is 4.46. The molecular weight excluding hydrogens is 408 g/mol. The van der Waals surface area contributed by atoms with Crippen LogP contribution in [0.4, 0.5) is 11.4 Å². The summed E-state index contributed by atoms with van der Waals surface area (Å²) in [5, 5.41) is 2.98. The third-order valence-corrected chi connectivity index (χ3v) is 5.79. The Morgan fingerprint density at radius 3 is 2.56 bits per heavy atom. The summed E-state index contributed by atoms with van der Waals surface area (Å²) in [6, 6.07) is 11.2. The van der Waals surface area contributed by atoms with Crippen LogP contribution in [-0.2, 0) is 9.59 Å². The van der Waals surface area contributed by atoms with Gasteiger partial charge in [-0.15, -0.1) is 0 Å². The highest BCUT2D eigenvalue weighted by molar-refractivity contribution is 9.10. The molecule has 0 unspecified atom stereocenters. The average Bonchev–Trinajstić information content (AvgIpc) is 3.05. The highest BCUT2D eigenvalue weighted by Crippen LogP contribution is 2.29. The number of nitrogens with zero attached hydrogens (tertiary/aromatic N) is 1. The van der Waals surface area contributed by atoms with Crippen molar-refractivity contribution in [3.63, 3.8) is 0 Å². The largest absolute Gasteiger partial charge is 0.494 e. The van der Waals surface area contributed by atoms with Crippen LogP contribution in [-0.4, -0.2) is 25.0 Å². The van der Waals surface area contributed by atoms with Crippen LogP contribution >= 0.6 is 15.9 Å². The summed E-state index contributed by atoms with van der Waals surface area (Å²) in [6.45, 7) is 6.88. The van der Waals surface area contributed by atoms with E-state index in [0.717, 1.165) is 32.7 Å². The predicted molar refractivity (Wildman–Crippen MR) is 110 cm³/mol. The number of anilines is 2. The van der Waals surface area contributed by atoms with Crippen molar-refractivity contribution in [2.24, 2.45) is 5.92 Å². The van der Waals surface area contributed by atoms with E-state index in [0.29, 0.717) is 13.2 Å². The summed E-state index contributed by atoms with van der Waals surface area (Å²) in [6.07, 6.45) is 0.216. The van der Waals surface area contributed by atoms with Crippen molar-refractivity contribution in [3.8, 4) is 5.75 Å². The van der Waals surface area contributed by atoms with E-state index in [1.165, 1.54) is 0 Å². The molecule has 0 aromatic heterocycles. The molecule has 27 heavy (non-hydrogen) atoms.